The molecule has 1 heterocycles. The molecule has 1 rings (SSSR count). The summed E-state index contributed by atoms with van der Waals surface area (Å²) in [4.78, 5) is 7.18. The third-order valence-corrected chi connectivity index (χ3v) is 2.31. The highest BCUT2D eigenvalue weighted by atomic mass is 32.1. The van der Waals surface area contributed by atoms with Crippen molar-refractivity contribution in [2.45, 2.75) is 26.2 Å². The number of imidazole rings is 1. The molecule has 84 valence electrons. The second-order valence-electron chi connectivity index (χ2n) is 3.32. The van der Waals surface area contributed by atoms with Crippen molar-refractivity contribution >= 4 is 17.3 Å². The Hall–Kier alpha value is -1.10. The fourth-order valence-corrected chi connectivity index (χ4v) is 1.37. The highest BCUT2D eigenvalue weighted by molar-refractivity contribution is 7.80. The molecule has 1 aromatic rings. The van der Waals surface area contributed by atoms with Crippen molar-refractivity contribution in [3.63, 3.8) is 0 Å². The number of nitrogens with zero attached hydrogens (tertiary/aromatic N) is 1. The average molecular weight is 226 g/mol. The molecule has 0 aliphatic carbocycles. The lowest BCUT2D eigenvalue weighted by Gasteiger charge is -2.08. The summed E-state index contributed by atoms with van der Waals surface area (Å²) in [6.07, 6.45) is 6.78. The molecule has 0 aliphatic heterocycles. The summed E-state index contributed by atoms with van der Waals surface area (Å²) in [6.45, 7) is 3.92. The molecule has 0 fully saturated rings. The Morgan fingerprint density at radius 1 is 1.47 bits per heavy atom. The van der Waals surface area contributed by atoms with Crippen LogP contribution in [0, 0.1) is 0 Å². The minimum atomic E-state index is 0.731. The Morgan fingerprint density at radius 2 is 2.27 bits per heavy atom. The van der Waals surface area contributed by atoms with Crippen molar-refractivity contribution < 1.29 is 0 Å². The summed E-state index contributed by atoms with van der Waals surface area (Å²) in [5, 5.41) is 7.03. The molecule has 0 bridgehead atoms. The molecule has 0 amide bonds. The van der Waals surface area contributed by atoms with E-state index >= 15 is 0 Å². The van der Waals surface area contributed by atoms with Gasteiger partial charge in [0.05, 0.1) is 0 Å². The summed E-state index contributed by atoms with van der Waals surface area (Å²) in [6, 6.07) is 0. The molecule has 0 radical (unpaired) electrons. The van der Waals surface area contributed by atoms with Gasteiger partial charge in [-0.15, -0.1) is 0 Å². The van der Waals surface area contributed by atoms with Crippen LogP contribution < -0.4 is 10.6 Å². The quantitative estimate of drug-likeness (QED) is 0.504. The predicted octanol–water partition coefficient (Wildman–Crippen LogP) is 1.22. The van der Waals surface area contributed by atoms with Gasteiger partial charge in [0.2, 0.25) is 0 Å². The van der Waals surface area contributed by atoms with Gasteiger partial charge >= 0.3 is 0 Å². The lowest BCUT2D eigenvalue weighted by atomic mass is 10.3. The van der Waals surface area contributed by atoms with Crippen LogP contribution in [0.2, 0.25) is 0 Å². The van der Waals surface area contributed by atoms with Crippen molar-refractivity contribution in [1.82, 2.24) is 20.6 Å². The van der Waals surface area contributed by atoms with Gasteiger partial charge in [0.25, 0.3) is 0 Å². The molecular weight excluding hydrogens is 208 g/mol. The fourth-order valence-electron chi connectivity index (χ4n) is 1.17. The molecule has 0 unspecified atom stereocenters. The maximum atomic E-state index is 5.11. The van der Waals surface area contributed by atoms with Gasteiger partial charge in [-0.1, -0.05) is 13.3 Å². The van der Waals surface area contributed by atoms with Crippen molar-refractivity contribution in [3.8, 4) is 0 Å². The third kappa shape index (κ3) is 5.37. The van der Waals surface area contributed by atoms with Crippen molar-refractivity contribution in [2.75, 3.05) is 13.1 Å². The van der Waals surface area contributed by atoms with E-state index in [-0.39, 0.29) is 0 Å². The number of hydrogen-bond acceptors (Lipinski definition) is 2. The maximum Gasteiger partial charge on any atom is 0.166 e. The van der Waals surface area contributed by atoms with E-state index in [0.29, 0.717) is 0 Å². The first-order valence-electron chi connectivity index (χ1n) is 5.33. The minimum Gasteiger partial charge on any atom is -0.363 e. The summed E-state index contributed by atoms with van der Waals surface area (Å²) in [7, 11) is 0. The van der Waals surface area contributed by atoms with Crippen LogP contribution >= 0.6 is 12.2 Å². The molecule has 0 saturated heterocycles. The first-order valence-corrected chi connectivity index (χ1v) is 5.73. The van der Waals surface area contributed by atoms with Crippen molar-refractivity contribution in [2.24, 2.45) is 0 Å². The number of hydrogen-bond donors (Lipinski definition) is 3. The van der Waals surface area contributed by atoms with Crippen LogP contribution in [0.3, 0.4) is 0 Å². The Morgan fingerprint density at radius 3 is 2.93 bits per heavy atom. The number of thiocarbonyl (C=S) groups is 1. The Kier molecular flexibility index (Phi) is 5.77. The lowest BCUT2D eigenvalue weighted by Crippen LogP contribution is -2.36. The molecule has 0 aliphatic rings. The largest absolute Gasteiger partial charge is 0.363 e. The van der Waals surface area contributed by atoms with Crippen LogP contribution in [0.25, 0.3) is 0 Å². The molecule has 3 N–H and O–H groups in total. The van der Waals surface area contributed by atoms with Crippen LogP contribution in [0.4, 0.5) is 0 Å². The molecule has 0 saturated carbocycles. The second-order valence-corrected chi connectivity index (χ2v) is 3.73. The monoisotopic (exact) mass is 226 g/mol. The summed E-state index contributed by atoms with van der Waals surface area (Å²) >= 11 is 5.11. The molecule has 15 heavy (non-hydrogen) atoms. The van der Waals surface area contributed by atoms with Gasteiger partial charge in [-0.05, 0) is 18.6 Å². The second kappa shape index (κ2) is 7.23. The Labute approximate surface area is 95.9 Å². The molecule has 0 atom stereocenters. The van der Waals surface area contributed by atoms with Crippen LogP contribution in [-0.2, 0) is 6.42 Å². The zero-order valence-corrected chi connectivity index (χ0v) is 9.86. The van der Waals surface area contributed by atoms with E-state index in [2.05, 4.69) is 27.5 Å². The third-order valence-electron chi connectivity index (χ3n) is 2.02. The van der Waals surface area contributed by atoms with E-state index in [9.17, 15) is 0 Å². The number of nitrogens with one attached hydrogen (secondary N) is 3. The van der Waals surface area contributed by atoms with Gasteiger partial charge in [-0.25, -0.2) is 4.98 Å². The van der Waals surface area contributed by atoms with Crippen molar-refractivity contribution in [3.05, 3.63) is 18.2 Å². The number of rotatable bonds is 6. The van der Waals surface area contributed by atoms with Gasteiger partial charge in [-0.2, -0.15) is 0 Å². The molecule has 5 heteroatoms. The Balaban J connectivity index is 2.02. The van der Waals surface area contributed by atoms with Gasteiger partial charge in [0.1, 0.15) is 5.82 Å². The Bertz CT molecular complexity index is 271. The van der Waals surface area contributed by atoms with E-state index in [1.807, 2.05) is 6.20 Å². The van der Waals surface area contributed by atoms with Gasteiger partial charge < -0.3 is 15.6 Å². The molecule has 0 aromatic carbocycles. The standard InChI is InChI=1S/C10H18N4S/c1-2-3-5-13-10(15)14-6-4-9-11-7-8-12-9/h7-8H,2-6H2,1H3,(H,11,12)(H2,13,14,15). The highest BCUT2D eigenvalue weighted by Gasteiger charge is 1.96. The summed E-state index contributed by atoms with van der Waals surface area (Å²) < 4.78 is 0. The van der Waals surface area contributed by atoms with Gasteiger partial charge in [0.15, 0.2) is 5.11 Å². The minimum absolute atomic E-state index is 0.731. The first-order chi connectivity index (χ1) is 7.33. The van der Waals surface area contributed by atoms with Crippen LogP contribution in [0.1, 0.15) is 25.6 Å². The van der Waals surface area contributed by atoms with Gasteiger partial charge in [0, 0.05) is 31.9 Å². The normalized spacial score (nSPS) is 9.93. The van der Waals surface area contributed by atoms with E-state index in [1.54, 1.807) is 6.20 Å². The fraction of sp³-hybridized carbons (Fsp3) is 0.600. The number of H-pyrrole nitrogens is 1. The smallest absolute Gasteiger partial charge is 0.166 e. The molecular formula is C10H18N4S. The SMILES string of the molecule is CCCCNC(=S)NCCc1ncc[nH]1. The summed E-state index contributed by atoms with van der Waals surface area (Å²) in [5.74, 6) is 0.985. The highest BCUT2D eigenvalue weighted by Crippen LogP contribution is 1.88. The van der Waals surface area contributed by atoms with Gasteiger partial charge in [-0.3, -0.25) is 0 Å². The zero-order chi connectivity index (χ0) is 10.9. The number of aromatic nitrogens is 2. The van der Waals surface area contributed by atoms with Crippen LogP contribution in [0.15, 0.2) is 12.4 Å². The van der Waals surface area contributed by atoms with Crippen LogP contribution in [-0.4, -0.2) is 28.2 Å². The number of unbranched alkanes of at least 4 members (excludes halogenated alkanes) is 1. The predicted molar refractivity (Wildman–Crippen MR) is 65.8 cm³/mol. The van der Waals surface area contributed by atoms with E-state index in [4.69, 9.17) is 12.2 Å². The lowest BCUT2D eigenvalue weighted by molar-refractivity contribution is 0.733. The van der Waals surface area contributed by atoms with E-state index < -0.39 is 0 Å². The molecule has 1 aromatic heterocycles. The van der Waals surface area contributed by atoms with E-state index in [0.717, 1.165) is 36.9 Å². The molecule has 4 nitrogen and oxygen atoms in total. The zero-order valence-electron chi connectivity index (χ0n) is 9.05. The van der Waals surface area contributed by atoms with E-state index in [1.165, 1.54) is 6.42 Å². The topological polar surface area (TPSA) is 52.7 Å². The first kappa shape index (κ1) is 12.0. The maximum absolute atomic E-state index is 5.11. The number of aromatic amines is 1. The molecule has 0 spiro atoms. The van der Waals surface area contributed by atoms with Crippen molar-refractivity contribution in [1.29, 1.82) is 0 Å². The average Bonchev–Trinajstić information content (AvgIpc) is 2.71. The van der Waals surface area contributed by atoms with Crippen LogP contribution in [0.5, 0.6) is 0 Å². The summed E-state index contributed by atoms with van der Waals surface area (Å²) in [5.41, 5.74) is 0.